The number of hydrogen-bond donors (Lipinski definition) is 3. The van der Waals surface area contributed by atoms with Gasteiger partial charge < -0.3 is 20.8 Å². The molecule has 0 aliphatic carbocycles. The van der Waals surface area contributed by atoms with Crippen molar-refractivity contribution in [1.82, 2.24) is 9.97 Å². The third-order valence-corrected chi connectivity index (χ3v) is 3.29. The lowest BCUT2D eigenvalue weighted by Crippen LogP contribution is -2.30. The van der Waals surface area contributed by atoms with Crippen LogP contribution >= 0.6 is 0 Å². The van der Waals surface area contributed by atoms with Gasteiger partial charge in [-0.1, -0.05) is 12.1 Å². The zero-order valence-electron chi connectivity index (χ0n) is 12.5. The standard InChI is InChI=1S/C14H17N5O4/c1-2-18(8-12(21)9-4-3-5-10(20)6-9)14-16-7-11(19(22)23)13(15)17-14/h3-7,12,20-21H,2,8H2,1H3,(H2,15,16,17)/t12-/m0/s1. The molecule has 0 fully saturated rings. The molecule has 0 spiro atoms. The smallest absolute Gasteiger partial charge is 0.329 e. The van der Waals surface area contributed by atoms with Gasteiger partial charge in [0.2, 0.25) is 11.8 Å². The van der Waals surface area contributed by atoms with E-state index < -0.39 is 11.0 Å². The molecule has 0 radical (unpaired) electrons. The number of phenolic OH excluding ortho intramolecular Hbond substituents is 1. The van der Waals surface area contributed by atoms with Gasteiger partial charge in [-0.25, -0.2) is 4.98 Å². The van der Waals surface area contributed by atoms with Gasteiger partial charge in [0.15, 0.2) is 0 Å². The van der Waals surface area contributed by atoms with E-state index in [1.165, 1.54) is 12.1 Å². The minimum Gasteiger partial charge on any atom is -0.508 e. The molecule has 0 unspecified atom stereocenters. The molecule has 0 saturated heterocycles. The van der Waals surface area contributed by atoms with E-state index in [1.807, 2.05) is 6.92 Å². The molecule has 1 aromatic heterocycles. The van der Waals surface area contributed by atoms with Crippen LogP contribution in [0.2, 0.25) is 0 Å². The van der Waals surface area contributed by atoms with E-state index in [-0.39, 0.29) is 29.7 Å². The van der Waals surface area contributed by atoms with Gasteiger partial charge >= 0.3 is 5.69 Å². The molecule has 1 atom stereocenters. The summed E-state index contributed by atoms with van der Waals surface area (Å²) >= 11 is 0. The summed E-state index contributed by atoms with van der Waals surface area (Å²) in [5.74, 6) is 0.0144. The number of rotatable bonds is 6. The fraction of sp³-hybridized carbons (Fsp3) is 0.286. The first-order valence-electron chi connectivity index (χ1n) is 6.91. The van der Waals surface area contributed by atoms with Crippen molar-refractivity contribution < 1.29 is 15.1 Å². The fourth-order valence-electron chi connectivity index (χ4n) is 2.07. The normalized spacial score (nSPS) is 11.9. The molecule has 122 valence electrons. The fourth-order valence-corrected chi connectivity index (χ4v) is 2.07. The summed E-state index contributed by atoms with van der Waals surface area (Å²) in [6, 6.07) is 6.28. The Balaban J connectivity index is 2.19. The topological polar surface area (TPSA) is 139 Å². The molecule has 9 heteroatoms. The van der Waals surface area contributed by atoms with Crippen LogP contribution in [0.1, 0.15) is 18.6 Å². The summed E-state index contributed by atoms with van der Waals surface area (Å²) in [4.78, 5) is 19.6. The zero-order valence-corrected chi connectivity index (χ0v) is 12.5. The van der Waals surface area contributed by atoms with Crippen molar-refractivity contribution in [1.29, 1.82) is 0 Å². The molecule has 0 saturated carbocycles. The number of likely N-dealkylation sites (N-methyl/N-ethyl adjacent to an activating group) is 1. The molecule has 0 aliphatic rings. The van der Waals surface area contributed by atoms with Gasteiger partial charge in [-0.3, -0.25) is 10.1 Å². The SMILES string of the molecule is CCN(C[C@H](O)c1cccc(O)c1)c1ncc([N+](=O)[O-])c(N)n1. The van der Waals surface area contributed by atoms with Crippen LogP contribution < -0.4 is 10.6 Å². The van der Waals surface area contributed by atoms with Crippen LogP contribution in [-0.2, 0) is 0 Å². The number of aliphatic hydroxyl groups excluding tert-OH is 1. The monoisotopic (exact) mass is 319 g/mol. The van der Waals surface area contributed by atoms with Crippen LogP contribution in [0.15, 0.2) is 30.5 Å². The Bertz CT molecular complexity index is 709. The number of nitrogens with zero attached hydrogens (tertiary/aromatic N) is 4. The lowest BCUT2D eigenvalue weighted by Gasteiger charge is -2.24. The molecule has 2 aromatic rings. The van der Waals surface area contributed by atoms with Crippen LogP contribution in [0.3, 0.4) is 0 Å². The summed E-state index contributed by atoms with van der Waals surface area (Å²) in [6.45, 7) is 2.44. The first-order chi connectivity index (χ1) is 10.9. The number of aliphatic hydroxyl groups is 1. The number of nitrogen functional groups attached to an aromatic ring is 1. The van der Waals surface area contributed by atoms with Crippen molar-refractivity contribution in [3.63, 3.8) is 0 Å². The number of nitrogens with two attached hydrogens (primary N) is 1. The van der Waals surface area contributed by atoms with Crippen molar-refractivity contribution in [3.8, 4) is 5.75 Å². The second-order valence-electron chi connectivity index (χ2n) is 4.85. The van der Waals surface area contributed by atoms with E-state index >= 15 is 0 Å². The number of aromatic hydroxyl groups is 1. The highest BCUT2D eigenvalue weighted by molar-refractivity contribution is 5.53. The maximum absolute atomic E-state index is 10.7. The predicted molar refractivity (Wildman–Crippen MR) is 84.1 cm³/mol. The van der Waals surface area contributed by atoms with Gasteiger partial charge in [-0.15, -0.1) is 0 Å². The van der Waals surface area contributed by atoms with Crippen LogP contribution in [0, 0.1) is 10.1 Å². The van der Waals surface area contributed by atoms with E-state index in [4.69, 9.17) is 5.73 Å². The lowest BCUT2D eigenvalue weighted by atomic mass is 10.1. The van der Waals surface area contributed by atoms with Gasteiger partial charge in [-0.05, 0) is 24.6 Å². The number of phenols is 1. The van der Waals surface area contributed by atoms with E-state index in [0.717, 1.165) is 6.20 Å². The lowest BCUT2D eigenvalue weighted by molar-refractivity contribution is -0.384. The maximum Gasteiger partial charge on any atom is 0.329 e. The van der Waals surface area contributed by atoms with Crippen LogP contribution in [0.4, 0.5) is 17.5 Å². The highest BCUT2D eigenvalue weighted by Crippen LogP contribution is 2.23. The van der Waals surface area contributed by atoms with Gasteiger partial charge in [0.05, 0.1) is 17.6 Å². The molecular weight excluding hydrogens is 302 g/mol. The van der Waals surface area contributed by atoms with Crippen LogP contribution in [-0.4, -0.2) is 38.2 Å². The minimum absolute atomic E-state index is 0.0560. The summed E-state index contributed by atoms with van der Waals surface area (Å²) in [5, 5.41) is 30.5. The van der Waals surface area contributed by atoms with E-state index in [2.05, 4.69) is 9.97 Å². The van der Waals surface area contributed by atoms with Crippen LogP contribution in [0.25, 0.3) is 0 Å². The molecular formula is C14H17N5O4. The molecule has 0 amide bonds. The minimum atomic E-state index is -0.887. The van der Waals surface area contributed by atoms with E-state index in [9.17, 15) is 20.3 Å². The number of nitro groups is 1. The molecule has 1 heterocycles. The predicted octanol–water partition coefficient (Wildman–Crippen LogP) is 1.23. The van der Waals surface area contributed by atoms with E-state index in [1.54, 1.807) is 17.0 Å². The zero-order chi connectivity index (χ0) is 17.0. The molecule has 2 rings (SSSR count). The van der Waals surface area contributed by atoms with Gasteiger partial charge in [0.25, 0.3) is 0 Å². The second kappa shape index (κ2) is 6.88. The summed E-state index contributed by atoms with van der Waals surface area (Å²) in [6.07, 6.45) is 0.156. The molecule has 0 aliphatic heterocycles. The summed E-state index contributed by atoms with van der Waals surface area (Å²) in [7, 11) is 0. The third kappa shape index (κ3) is 3.83. The first-order valence-corrected chi connectivity index (χ1v) is 6.91. The Morgan fingerprint density at radius 3 is 2.78 bits per heavy atom. The maximum atomic E-state index is 10.7. The Labute approximate surface area is 132 Å². The Morgan fingerprint density at radius 2 is 2.22 bits per heavy atom. The van der Waals surface area contributed by atoms with Gasteiger partial charge in [0.1, 0.15) is 11.9 Å². The molecule has 9 nitrogen and oxygen atoms in total. The van der Waals surface area contributed by atoms with Crippen molar-refractivity contribution in [2.24, 2.45) is 0 Å². The number of benzene rings is 1. The highest BCUT2D eigenvalue weighted by atomic mass is 16.6. The second-order valence-corrected chi connectivity index (χ2v) is 4.85. The van der Waals surface area contributed by atoms with Crippen molar-refractivity contribution in [2.75, 3.05) is 23.7 Å². The molecule has 4 N–H and O–H groups in total. The molecule has 1 aromatic carbocycles. The summed E-state index contributed by atoms with van der Waals surface area (Å²) in [5.41, 5.74) is 5.74. The number of hydrogen-bond acceptors (Lipinski definition) is 8. The van der Waals surface area contributed by atoms with Gasteiger partial charge in [0, 0.05) is 6.54 Å². The van der Waals surface area contributed by atoms with Crippen molar-refractivity contribution in [2.45, 2.75) is 13.0 Å². The Morgan fingerprint density at radius 1 is 1.48 bits per heavy atom. The summed E-state index contributed by atoms with van der Waals surface area (Å²) < 4.78 is 0. The number of anilines is 2. The average Bonchev–Trinajstić information content (AvgIpc) is 2.51. The van der Waals surface area contributed by atoms with Crippen molar-refractivity contribution in [3.05, 3.63) is 46.1 Å². The Kier molecular flexibility index (Phi) is 4.91. The quantitative estimate of drug-likeness (QED) is 0.533. The largest absolute Gasteiger partial charge is 0.508 e. The van der Waals surface area contributed by atoms with Crippen molar-refractivity contribution >= 4 is 17.5 Å². The first kappa shape index (κ1) is 16.4. The van der Waals surface area contributed by atoms with Crippen LogP contribution in [0.5, 0.6) is 5.75 Å². The molecule has 23 heavy (non-hydrogen) atoms. The Hall–Kier alpha value is -2.94. The highest BCUT2D eigenvalue weighted by Gasteiger charge is 2.19. The third-order valence-electron chi connectivity index (χ3n) is 3.29. The van der Waals surface area contributed by atoms with Gasteiger partial charge in [-0.2, -0.15) is 4.98 Å². The van der Waals surface area contributed by atoms with E-state index in [0.29, 0.717) is 12.1 Å². The molecule has 0 bridgehead atoms. The average molecular weight is 319 g/mol. The number of aromatic nitrogens is 2.